The van der Waals surface area contributed by atoms with Gasteiger partial charge in [0, 0.05) is 12.8 Å². The molecule has 0 amide bonds. The van der Waals surface area contributed by atoms with Crippen molar-refractivity contribution < 1.29 is 24.5 Å². The van der Waals surface area contributed by atoms with E-state index >= 15 is 0 Å². The summed E-state index contributed by atoms with van der Waals surface area (Å²) in [5.74, 6) is -0.936. The van der Waals surface area contributed by atoms with Gasteiger partial charge in [-0.25, -0.2) is 0 Å². The highest BCUT2D eigenvalue weighted by Crippen LogP contribution is 2.43. The number of rotatable bonds is 3. The highest BCUT2D eigenvalue weighted by atomic mass is 16.5. The van der Waals surface area contributed by atoms with Crippen molar-refractivity contribution in [1.29, 1.82) is 0 Å². The van der Waals surface area contributed by atoms with Crippen LogP contribution >= 0.6 is 0 Å². The molecule has 0 aliphatic heterocycles. The molecule has 1 aromatic rings. The molecule has 17 heavy (non-hydrogen) atoms. The standard InChI is InChI=1S/C12H12O5/c1-17-10-4-7(2-3-9(10)14)12(11(15)16)5-8(13)6-12/h2-4,14H,5-6H2,1H3,(H,15,16). The van der Waals surface area contributed by atoms with Crippen molar-refractivity contribution in [3.05, 3.63) is 23.8 Å². The van der Waals surface area contributed by atoms with Gasteiger partial charge in [0.05, 0.1) is 7.11 Å². The van der Waals surface area contributed by atoms with Crippen molar-refractivity contribution in [2.45, 2.75) is 18.3 Å². The highest BCUT2D eigenvalue weighted by Gasteiger charge is 2.51. The van der Waals surface area contributed by atoms with Crippen LogP contribution in [0.1, 0.15) is 18.4 Å². The number of carboxylic acids is 1. The monoisotopic (exact) mass is 236 g/mol. The number of hydrogen-bond acceptors (Lipinski definition) is 4. The summed E-state index contributed by atoms with van der Waals surface area (Å²) in [4.78, 5) is 22.3. The Morgan fingerprint density at radius 2 is 2.06 bits per heavy atom. The fraction of sp³-hybridized carbons (Fsp3) is 0.333. The summed E-state index contributed by atoms with van der Waals surface area (Å²) in [6.07, 6.45) is -0.00741. The summed E-state index contributed by atoms with van der Waals surface area (Å²) >= 11 is 0. The summed E-state index contributed by atoms with van der Waals surface area (Å²) < 4.78 is 4.93. The maximum absolute atomic E-state index is 11.3. The molecule has 1 saturated carbocycles. The van der Waals surface area contributed by atoms with Crippen LogP contribution in [0.25, 0.3) is 0 Å². The molecule has 0 bridgehead atoms. The van der Waals surface area contributed by atoms with E-state index < -0.39 is 11.4 Å². The minimum atomic E-state index is -1.15. The Kier molecular flexibility index (Phi) is 2.53. The van der Waals surface area contributed by atoms with Crippen LogP contribution in [-0.4, -0.2) is 29.1 Å². The average molecular weight is 236 g/mol. The number of ether oxygens (including phenoxy) is 1. The highest BCUT2D eigenvalue weighted by molar-refractivity contribution is 6.01. The van der Waals surface area contributed by atoms with Crippen LogP contribution in [-0.2, 0) is 15.0 Å². The first-order valence-electron chi connectivity index (χ1n) is 5.12. The van der Waals surface area contributed by atoms with Crippen molar-refractivity contribution in [3.8, 4) is 11.5 Å². The van der Waals surface area contributed by atoms with Crippen molar-refractivity contribution >= 4 is 11.8 Å². The van der Waals surface area contributed by atoms with Crippen LogP contribution in [0.2, 0.25) is 0 Å². The lowest BCUT2D eigenvalue weighted by atomic mass is 9.63. The topological polar surface area (TPSA) is 83.8 Å². The zero-order valence-electron chi connectivity index (χ0n) is 9.27. The number of aliphatic carboxylic acids is 1. The van der Waals surface area contributed by atoms with Crippen molar-refractivity contribution in [2.24, 2.45) is 0 Å². The number of benzene rings is 1. The van der Waals surface area contributed by atoms with Gasteiger partial charge in [-0.2, -0.15) is 0 Å². The third-order valence-electron chi connectivity index (χ3n) is 3.14. The van der Waals surface area contributed by atoms with Crippen molar-refractivity contribution in [3.63, 3.8) is 0 Å². The smallest absolute Gasteiger partial charge is 0.315 e. The van der Waals surface area contributed by atoms with E-state index in [4.69, 9.17) is 4.74 Å². The Balaban J connectivity index is 2.45. The molecular weight excluding hydrogens is 224 g/mol. The average Bonchev–Trinajstić information content (AvgIpc) is 2.25. The molecule has 2 rings (SSSR count). The van der Waals surface area contributed by atoms with Gasteiger partial charge in [0.2, 0.25) is 0 Å². The molecule has 1 fully saturated rings. The van der Waals surface area contributed by atoms with Gasteiger partial charge in [0.1, 0.15) is 11.2 Å². The van der Waals surface area contributed by atoms with Crippen LogP contribution < -0.4 is 4.74 Å². The number of phenolic OH excluding ortho intramolecular Hbond substituents is 1. The number of carbonyl (C=O) groups excluding carboxylic acids is 1. The number of carboxylic acid groups (broad SMARTS) is 1. The SMILES string of the molecule is COc1cc(C2(C(=O)O)CC(=O)C2)ccc1O. The maximum atomic E-state index is 11.3. The molecule has 0 radical (unpaired) electrons. The van der Waals surface area contributed by atoms with Gasteiger partial charge < -0.3 is 14.9 Å². The van der Waals surface area contributed by atoms with Crippen molar-refractivity contribution in [1.82, 2.24) is 0 Å². The van der Waals surface area contributed by atoms with Crippen molar-refractivity contribution in [2.75, 3.05) is 7.11 Å². The van der Waals surface area contributed by atoms with E-state index in [-0.39, 0.29) is 30.1 Å². The van der Waals surface area contributed by atoms with Gasteiger partial charge >= 0.3 is 5.97 Å². The zero-order valence-corrected chi connectivity index (χ0v) is 9.27. The Bertz CT molecular complexity index is 484. The first-order chi connectivity index (χ1) is 7.99. The second-order valence-corrected chi connectivity index (χ2v) is 4.17. The van der Waals surface area contributed by atoms with E-state index in [2.05, 4.69) is 0 Å². The first kappa shape index (κ1) is 11.4. The van der Waals surface area contributed by atoms with Crippen LogP contribution in [0.5, 0.6) is 11.5 Å². The normalized spacial score (nSPS) is 17.4. The molecule has 1 aliphatic carbocycles. The Hall–Kier alpha value is -2.04. The third-order valence-corrected chi connectivity index (χ3v) is 3.14. The molecule has 5 heteroatoms. The minimum absolute atomic E-state index is 0.00371. The molecule has 1 aliphatic rings. The molecule has 0 atom stereocenters. The molecule has 0 saturated heterocycles. The molecule has 1 aromatic carbocycles. The van der Waals surface area contributed by atoms with Crippen LogP contribution in [0.3, 0.4) is 0 Å². The zero-order chi connectivity index (χ0) is 12.6. The number of hydrogen-bond donors (Lipinski definition) is 2. The van der Waals surface area contributed by atoms with Gasteiger partial charge in [-0.05, 0) is 17.7 Å². The third kappa shape index (κ3) is 1.63. The predicted molar refractivity (Wildman–Crippen MR) is 58.2 cm³/mol. The molecule has 0 heterocycles. The fourth-order valence-electron chi connectivity index (χ4n) is 2.08. The molecule has 90 valence electrons. The van der Waals surface area contributed by atoms with Gasteiger partial charge in [-0.1, -0.05) is 6.07 Å². The summed E-state index contributed by atoms with van der Waals surface area (Å²) in [6, 6.07) is 4.36. The largest absolute Gasteiger partial charge is 0.504 e. The van der Waals surface area contributed by atoms with E-state index in [1.165, 1.54) is 25.3 Å². The molecule has 0 unspecified atom stereocenters. The second-order valence-electron chi connectivity index (χ2n) is 4.17. The predicted octanol–water partition coefficient (Wildman–Crippen LogP) is 1.09. The quantitative estimate of drug-likeness (QED) is 0.820. The first-order valence-corrected chi connectivity index (χ1v) is 5.12. The number of methoxy groups -OCH3 is 1. The summed E-state index contributed by atoms with van der Waals surface area (Å²) in [6.45, 7) is 0. The lowest BCUT2D eigenvalue weighted by Crippen LogP contribution is -2.48. The molecular formula is C12H12O5. The second kappa shape index (κ2) is 3.76. The van der Waals surface area contributed by atoms with Crippen LogP contribution in [0.15, 0.2) is 18.2 Å². The van der Waals surface area contributed by atoms with Crippen LogP contribution in [0, 0.1) is 0 Å². The number of Topliss-reactive ketones (excluding diaryl/α,β-unsaturated/α-hetero) is 1. The molecule has 0 aromatic heterocycles. The van der Waals surface area contributed by atoms with Gasteiger partial charge in [0.25, 0.3) is 0 Å². The van der Waals surface area contributed by atoms with Gasteiger partial charge in [-0.15, -0.1) is 0 Å². The number of aromatic hydroxyl groups is 1. The van der Waals surface area contributed by atoms with Gasteiger partial charge in [0.15, 0.2) is 11.5 Å². The number of phenols is 1. The molecule has 0 spiro atoms. The Morgan fingerprint density at radius 3 is 2.53 bits per heavy atom. The lowest BCUT2D eigenvalue weighted by Gasteiger charge is -2.36. The molecule has 5 nitrogen and oxygen atoms in total. The van der Waals surface area contributed by atoms with Gasteiger partial charge in [-0.3, -0.25) is 9.59 Å². The summed E-state index contributed by atoms with van der Waals surface area (Å²) in [7, 11) is 1.39. The number of carbonyl (C=O) groups is 2. The fourth-order valence-corrected chi connectivity index (χ4v) is 2.08. The summed E-state index contributed by atoms with van der Waals surface area (Å²) in [5.41, 5.74) is -0.669. The van der Waals surface area contributed by atoms with Crippen LogP contribution in [0.4, 0.5) is 0 Å². The Labute approximate surface area is 97.6 Å². The van der Waals surface area contributed by atoms with E-state index in [0.29, 0.717) is 5.56 Å². The van der Waals surface area contributed by atoms with E-state index in [0.717, 1.165) is 0 Å². The Morgan fingerprint density at radius 1 is 1.41 bits per heavy atom. The van der Waals surface area contributed by atoms with E-state index in [9.17, 15) is 19.8 Å². The number of ketones is 1. The maximum Gasteiger partial charge on any atom is 0.315 e. The lowest BCUT2D eigenvalue weighted by molar-refractivity contribution is -0.153. The molecule has 2 N–H and O–H groups in total. The minimum Gasteiger partial charge on any atom is -0.504 e. The van der Waals surface area contributed by atoms with E-state index in [1.807, 2.05) is 0 Å². The summed E-state index contributed by atoms with van der Waals surface area (Å²) in [5, 5.41) is 18.7. The van der Waals surface area contributed by atoms with E-state index in [1.54, 1.807) is 0 Å².